The predicted molar refractivity (Wildman–Crippen MR) is 53.2 cm³/mol. The molecule has 0 amide bonds. The molecular weight excluding hydrogens is 212 g/mol. The van der Waals surface area contributed by atoms with Crippen molar-refractivity contribution in [3.05, 3.63) is 11.6 Å². The van der Waals surface area contributed by atoms with E-state index in [0.717, 1.165) is 0 Å². The number of allylic oxidation sites excluding steroid dienone is 1. The fourth-order valence-corrected chi connectivity index (χ4v) is 2.92. The number of esters is 2. The predicted octanol–water partition coefficient (Wildman–Crippen LogP) is -0.113. The number of hydrogen-bond acceptors (Lipinski definition) is 5. The summed E-state index contributed by atoms with van der Waals surface area (Å²) in [4.78, 5) is 23.4. The van der Waals surface area contributed by atoms with E-state index in [0.29, 0.717) is 12.0 Å². The van der Waals surface area contributed by atoms with Crippen molar-refractivity contribution < 1.29 is 24.2 Å². The molecule has 5 heteroatoms. The molecule has 88 valence electrons. The van der Waals surface area contributed by atoms with E-state index in [1.54, 1.807) is 6.08 Å². The van der Waals surface area contributed by atoms with Crippen LogP contribution in [0.2, 0.25) is 0 Å². The van der Waals surface area contributed by atoms with E-state index in [2.05, 4.69) is 4.74 Å². The van der Waals surface area contributed by atoms with Gasteiger partial charge in [-0.3, -0.25) is 4.79 Å². The molecule has 1 fully saturated rings. The van der Waals surface area contributed by atoms with Crippen LogP contribution in [0, 0.1) is 17.3 Å². The second-order valence-electron chi connectivity index (χ2n) is 4.10. The minimum atomic E-state index is -0.948. The Morgan fingerprint density at radius 3 is 2.62 bits per heavy atom. The number of rotatable bonds is 3. The van der Waals surface area contributed by atoms with Gasteiger partial charge in [-0.1, -0.05) is 6.08 Å². The van der Waals surface area contributed by atoms with Gasteiger partial charge in [0.1, 0.15) is 5.41 Å². The highest BCUT2D eigenvalue weighted by Crippen LogP contribution is 2.69. The average Bonchev–Trinajstić information content (AvgIpc) is 2.81. The lowest BCUT2D eigenvalue weighted by atomic mass is 9.94. The maximum Gasteiger partial charge on any atom is 0.334 e. The zero-order valence-corrected chi connectivity index (χ0v) is 9.23. The fraction of sp³-hybridized carbons (Fsp3) is 0.636. The molecular formula is C11H14O5. The van der Waals surface area contributed by atoms with Crippen molar-refractivity contribution in [2.75, 3.05) is 20.8 Å². The quantitative estimate of drug-likeness (QED) is 0.679. The van der Waals surface area contributed by atoms with Crippen molar-refractivity contribution in [3.63, 3.8) is 0 Å². The van der Waals surface area contributed by atoms with Gasteiger partial charge in [0.2, 0.25) is 0 Å². The van der Waals surface area contributed by atoms with E-state index in [-0.39, 0.29) is 18.4 Å². The van der Waals surface area contributed by atoms with Crippen LogP contribution in [0.5, 0.6) is 0 Å². The normalized spacial score (nSPS) is 35.1. The van der Waals surface area contributed by atoms with Crippen LogP contribution in [-0.4, -0.2) is 37.9 Å². The van der Waals surface area contributed by atoms with E-state index in [4.69, 9.17) is 4.74 Å². The van der Waals surface area contributed by atoms with Gasteiger partial charge in [0.25, 0.3) is 0 Å². The van der Waals surface area contributed by atoms with E-state index in [9.17, 15) is 14.7 Å². The van der Waals surface area contributed by atoms with Gasteiger partial charge in [-0.2, -0.15) is 0 Å². The Morgan fingerprint density at radius 1 is 1.50 bits per heavy atom. The van der Waals surface area contributed by atoms with Gasteiger partial charge < -0.3 is 14.6 Å². The first kappa shape index (κ1) is 11.1. The summed E-state index contributed by atoms with van der Waals surface area (Å²) >= 11 is 0. The molecule has 0 aromatic carbocycles. The summed E-state index contributed by atoms with van der Waals surface area (Å²) in [6, 6.07) is 0. The third-order valence-corrected chi connectivity index (χ3v) is 3.69. The molecule has 0 bridgehead atoms. The standard InChI is InChI=1S/C11H14O5/c1-15-9(13)7-4-3-6-8(5-12)11(6,7)10(14)16-2/h4,6,8,12H,3,5H2,1-2H3/t6-,8+,11-/m1/s1. The molecule has 2 aliphatic carbocycles. The molecule has 16 heavy (non-hydrogen) atoms. The molecule has 0 saturated heterocycles. The maximum atomic E-state index is 11.8. The van der Waals surface area contributed by atoms with Gasteiger partial charge in [0.05, 0.1) is 19.8 Å². The zero-order valence-electron chi connectivity index (χ0n) is 9.23. The number of carbonyl (C=O) groups excluding carboxylic acids is 2. The number of aliphatic hydroxyl groups excluding tert-OH is 1. The molecule has 5 nitrogen and oxygen atoms in total. The molecule has 3 atom stereocenters. The van der Waals surface area contributed by atoms with Crippen LogP contribution in [0.15, 0.2) is 11.6 Å². The van der Waals surface area contributed by atoms with Crippen LogP contribution in [-0.2, 0) is 19.1 Å². The molecule has 1 N–H and O–H groups in total. The summed E-state index contributed by atoms with van der Waals surface area (Å²) in [6.07, 6.45) is 2.32. The van der Waals surface area contributed by atoms with E-state index in [1.807, 2.05) is 0 Å². The third-order valence-electron chi connectivity index (χ3n) is 3.69. The minimum Gasteiger partial charge on any atom is -0.468 e. The minimum absolute atomic E-state index is 0.0148. The Kier molecular flexibility index (Phi) is 2.50. The lowest BCUT2D eigenvalue weighted by Gasteiger charge is -2.15. The fourth-order valence-electron chi connectivity index (χ4n) is 2.92. The molecule has 0 unspecified atom stereocenters. The molecule has 2 rings (SSSR count). The van der Waals surface area contributed by atoms with Crippen molar-refractivity contribution in [3.8, 4) is 0 Å². The van der Waals surface area contributed by atoms with Crippen LogP contribution in [0.3, 0.4) is 0 Å². The Balaban J connectivity index is 2.34. The van der Waals surface area contributed by atoms with Crippen molar-refractivity contribution in [2.45, 2.75) is 6.42 Å². The highest BCUT2D eigenvalue weighted by Gasteiger charge is 2.75. The van der Waals surface area contributed by atoms with Crippen molar-refractivity contribution >= 4 is 11.9 Å². The van der Waals surface area contributed by atoms with E-state index in [1.165, 1.54) is 14.2 Å². The smallest absolute Gasteiger partial charge is 0.334 e. The van der Waals surface area contributed by atoms with E-state index < -0.39 is 17.4 Å². The molecule has 0 heterocycles. The average molecular weight is 226 g/mol. The van der Waals surface area contributed by atoms with Crippen molar-refractivity contribution in [1.82, 2.24) is 0 Å². The molecule has 0 spiro atoms. The highest BCUT2D eigenvalue weighted by molar-refractivity contribution is 6.02. The second kappa shape index (κ2) is 3.59. The Hall–Kier alpha value is -1.36. The third kappa shape index (κ3) is 1.09. The van der Waals surface area contributed by atoms with Crippen molar-refractivity contribution in [1.29, 1.82) is 0 Å². The topological polar surface area (TPSA) is 72.8 Å². The number of carbonyl (C=O) groups is 2. The number of aliphatic hydroxyl groups is 1. The molecule has 1 saturated carbocycles. The Morgan fingerprint density at radius 2 is 2.19 bits per heavy atom. The van der Waals surface area contributed by atoms with Gasteiger partial charge >= 0.3 is 11.9 Å². The van der Waals surface area contributed by atoms with Crippen LogP contribution < -0.4 is 0 Å². The molecule has 0 aromatic rings. The first-order valence-corrected chi connectivity index (χ1v) is 5.12. The number of fused-ring (bicyclic) bond motifs is 1. The summed E-state index contributed by atoms with van der Waals surface area (Å²) in [5.41, 5.74) is -0.609. The molecule has 0 aliphatic heterocycles. The molecule has 0 aromatic heterocycles. The van der Waals surface area contributed by atoms with Gasteiger partial charge in [-0.05, 0) is 12.3 Å². The highest BCUT2D eigenvalue weighted by atomic mass is 16.5. The monoisotopic (exact) mass is 226 g/mol. The van der Waals surface area contributed by atoms with Gasteiger partial charge in [-0.15, -0.1) is 0 Å². The van der Waals surface area contributed by atoms with Crippen LogP contribution in [0.25, 0.3) is 0 Å². The first-order valence-electron chi connectivity index (χ1n) is 5.12. The molecule has 0 radical (unpaired) electrons. The van der Waals surface area contributed by atoms with Crippen LogP contribution in [0.4, 0.5) is 0 Å². The zero-order chi connectivity index (χ0) is 11.9. The Labute approximate surface area is 93.0 Å². The lowest BCUT2D eigenvalue weighted by Crippen LogP contribution is -2.27. The van der Waals surface area contributed by atoms with E-state index >= 15 is 0 Å². The first-order chi connectivity index (χ1) is 7.64. The SMILES string of the molecule is COC(=O)C1=CC[C@@H]2[C@H](CO)[C@]12C(=O)OC. The number of methoxy groups -OCH3 is 2. The maximum absolute atomic E-state index is 11.8. The summed E-state index contributed by atoms with van der Waals surface area (Å²) in [5.74, 6) is -1.19. The van der Waals surface area contributed by atoms with Gasteiger partial charge in [0, 0.05) is 12.5 Å². The molecule has 2 aliphatic rings. The van der Waals surface area contributed by atoms with Crippen molar-refractivity contribution in [2.24, 2.45) is 17.3 Å². The summed E-state index contributed by atoms with van der Waals surface area (Å²) in [6.45, 7) is -0.117. The summed E-state index contributed by atoms with van der Waals surface area (Å²) in [5, 5.41) is 9.21. The number of ether oxygens (including phenoxy) is 2. The largest absolute Gasteiger partial charge is 0.468 e. The van der Waals surface area contributed by atoms with Crippen LogP contribution >= 0.6 is 0 Å². The second-order valence-corrected chi connectivity index (χ2v) is 4.10. The van der Waals surface area contributed by atoms with Gasteiger partial charge in [-0.25, -0.2) is 4.79 Å². The number of hydrogen-bond donors (Lipinski definition) is 1. The Bertz CT molecular complexity index is 373. The lowest BCUT2D eigenvalue weighted by molar-refractivity contribution is -0.149. The summed E-state index contributed by atoms with van der Waals surface area (Å²) < 4.78 is 9.38. The summed E-state index contributed by atoms with van der Waals surface area (Å²) in [7, 11) is 2.56. The van der Waals surface area contributed by atoms with Gasteiger partial charge in [0.15, 0.2) is 0 Å². The van der Waals surface area contributed by atoms with Crippen LogP contribution in [0.1, 0.15) is 6.42 Å².